The first-order chi connectivity index (χ1) is 13.9. The van der Waals surface area contributed by atoms with Gasteiger partial charge < -0.3 is 14.4 Å². The van der Waals surface area contributed by atoms with Crippen LogP contribution < -0.4 is 14.2 Å². The van der Waals surface area contributed by atoms with Crippen LogP contribution in [0.1, 0.15) is 30.1 Å². The minimum Gasteiger partial charge on any atom is -0.496 e. The number of amides is 1. The molecule has 3 rings (SSSR count). The van der Waals surface area contributed by atoms with Crippen LogP contribution in [-0.4, -0.2) is 52.1 Å². The van der Waals surface area contributed by atoms with Crippen LogP contribution in [0.15, 0.2) is 53.4 Å². The molecule has 0 bridgehead atoms. The topological polar surface area (TPSA) is 84.9 Å². The van der Waals surface area contributed by atoms with Gasteiger partial charge in [0.25, 0.3) is 5.91 Å². The number of likely N-dealkylation sites (tertiary alicyclic amines) is 1. The first-order valence-corrected chi connectivity index (χ1v) is 11.1. The molecule has 7 nitrogen and oxygen atoms in total. The van der Waals surface area contributed by atoms with E-state index in [0.717, 1.165) is 0 Å². The fourth-order valence-electron chi connectivity index (χ4n) is 3.36. The fraction of sp³-hybridized carbons (Fsp3) is 0.381. The summed E-state index contributed by atoms with van der Waals surface area (Å²) in [5.74, 6) is 1.07. The maximum Gasteiger partial charge on any atom is 0.257 e. The van der Waals surface area contributed by atoms with Crippen LogP contribution in [0.4, 0.5) is 0 Å². The Bertz CT molecular complexity index is 936. The van der Waals surface area contributed by atoms with Gasteiger partial charge in [-0.05, 0) is 56.2 Å². The highest BCUT2D eigenvalue weighted by Gasteiger charge is 2.28. The Kier molecular flexibility index (Phi) is 6.76. The number of nitrogens with one attached hydrogen (secondary N) is 1. The molecular weight excluding hydrogens is 392 g/mol. The number of hydrogen-bond donors (Lipinski definition) is 1. The first kappa shape index (κ1) is 21.1. The molecule has 0 saturated carbocycles. The van der Waals surface area contributed by atoms with Gasteiger partial charge in [0.05, 0.1) is 24.2 Å². The van der Waals surface area contributed by atoms with Crippen LogP contribution in [0.3, 0.4) is 0 Å². The van der Waals surface area contributed by atoms with Crippen LogP contribution in [0.5, 0.6) is 11.5 Å². The molecule has 0 spiro atoms. The van der Waals surface area contributed by atoms with E-state index >= 15 is 0 Å². The lowest BCUT2D eigenvalue weighted by Crippen LogP contribution is -2.46. The molecule has 0 radical (unpaired) electrons. The van der Waals surface area contributed by atoms with Crippen molar-refractivity contribution in [3.63, 3.8) is 0 Å². The third-order valence-electron chi connectivity index (χ3n) is 4.89. The summed E-state index contributed by atoms with van der Waals surface area (Å²) in [5.41, 5.74) is 0.517. The Morgan fingerprint density at radius 1 is 1.10 bits per heavy atom. The zero-order valence-electron chi connectivity index (χ0n) is 16.6. The van der Waals surface area contributed by atoms with Crippen molar-refractivity contribution >= 4 is 15.9 Å². The lowest BCUT2D eigenvalue weighted by Gasteiger charge is -2.32. The second-order valence-corrected chi connectivity index (χ2v) is 8.51. The van der Waals surface area contributed by atoms with Crippen LogP contribution in [0.25, 0.3) is 0 Å². The van der Waals surface area contributed by atoms with Crippen LogP contribution >= 0.6 is 0 Å². The van der Waals surface area contributed by atoms with E-state index in [2.05, 4.69) is 4.72 Å². The third-order valence-corrected chi connectivity index (χ3v) is 6.42. The van der Waals surface area contributed by atoms with Gasteiger partial charge in [0, 0.05) is 19.1 Å². The van der Waals surface area contributed by atoms with Gasteiger partial charge in [0.1, 0.15) is 11.5 Å². The molecule has 156 valence electrons. The maximum absolute atomic E-state index is 12.8. The third kappa shape index (κ3) is 5.07. The average molecular weight is 419 g/mol. The lowest BCUT2D eigenvalue weighted by molar-refractivity contribution is 0.0708. The van der Waals surface area contributed by atoms with Crippen molar-refractivity contribution < 1.29 is 22.7 Å². The highest BCUT2D eigenvalue weighted by molar-refractivity contribution is 7.89. The number of sulfonamides is 1. The van der Waals surface area contributed by atoms with E-state index < -0.39 is 10.0 Å². The number of rotatable bonds is 7. The summed E-state index contributed by atoms with van der Waals surface area (Å²) in [5, 5.41) is 0. The minimum absolute atomic E-state index is 0.102. The quantitative estimate of drug-likeness (QED) is 0.747. The van der Waals surface area contributed by atoms with Crippen LogP contribution in [-0.2, 0) is 10.0 Å². The number of methoxy groups -OCH3 is 1. The molecule has 0 atom stereocenters. The summed E-state index contributed by atoms with van der Waals surface area (Å²) < 4.78 is 38.7. The van der Waals surface area contributed by atoms with Gasteiger partial charge in [-0.1, -0.05) is 12.1 Å². The van der Waals surface area contributed by atoms with E-state index in [0.29, 0.717) is 49.6 Å². The minimum atomic E-state index is -3.62. The molecule has 1 N–H and O–H groups in total. The normalized spacial score (nSPS) is 15.2. The molecule has 1 heterocycles. The van der Waals surface area contributed by atoms with Crippen molar-refractivity contribution in [3.8, 4) is 11.5 Å². The van der Waals surface area contributed by atoms with Gasteiger partial charge in [-0.2, -0.15) is 0 Å². The summed E-state index contributed by atoms with van der Waals surface area (Å²) >= 11 is 0. The Morgan fingerprint density at radius 2 is 1.76 bits per heavy atom. The van der Waals surface area contributed by atoms with E-state index in [-0.39, 0.29) is 16.8 Å². The van der Waals surface area contributed by atoms with Gasteiger partial charge in [-0.3, -0.25) is 4.79 Å². The van der Waals surface area contributed by atoms with Crippen molar-refractivity contribution in [3.05, 3.63) is 54.1 Å². The van der Waals surface area contributed by atoms with Crippen molar-refractivity contribution in [2.75, 3.05) is 26.8 Å². The summed E-state index contributed by atoms with van der Waals surface area (Å²) in [6, 6.07) is 13.3. The monoisotopic (exact) mass is 418 g/mol. The zero-order valence-corrected chi connectivity index (χ0v) is 17.4. The zero-order chi connectivity index (χ0) is 20.9. The molecule has 1 saturated heterocycles. The van der Waals surface area contributed by atoms with Gasteiger partial charge in [-0.25, -0.2) is 13.1 Å². The number of piperidine rings is 1. The van der Waals surface area contributed by atoms with E-state index in [4.69, 9.17) is 9.47 Å². The molecule has 0 aromatic heterocycles. The summed E-state index contributed by atoms with van der Waals surface area (Å²) in [4.78, 5) is 14.7. The highest BCUT2D eigenvalue weighted by atomic mass is 32.2. The predicted molar refractivity (Wildman–Crippen MR) is 110 cm³/mol. The smallest absolute Gasteiger partial charge is 0.257 e. The Morgan fingerprint density at radius 3 is 2.38 bits per heavy atom. The molecule has 0 unspecified atom stereocenters. The van der Waals surface area contributed by atoms with Gasteiger partial charge in [-0.15, -0.1) is 0 Å². The fourth-order valence-corrected chi connectivity index (χ4v) is 4.67. The average Bonchev–Trinajstić information content (AvgIpc) is 2.74. The molecule has 1 fully saturated rings. The number of carbonyl (C=O) groups excluding carboxylic acids is 1. The van der Waals surface area contributed by atoms with E-state index in [1.165, 1.54) is 19.2 Å². The molecule has 1 aliphatic heterocycles. The Labute approximate surface area is 171 Å². The lowest BCUT2D eigenvalue weighted by atomic mass is 10.0. The van der Waals surface area contributed by atoms with Crippen molar-refractivity contribution in [1.29, 1.82) is 0 Å². The summed E-state index contributed by atoms with van der Waals surface area (Å²) in [6.45, 7) is 3.36. The van der Waals surface area contributed by atoms with Gasteiger partial charge in [0.15, 0.2) is 0 Å². The Hall–Kier alpha value is -2.58. The van der Waals surface area contributed by atoms with Crippen LogP contribution in [0, 0.1) is 0 Å². The number of carbonyl (C=O) groups is 1. The maximum atomic E-state index is 12.8. The Balaban J connectivity index is 1.59. The SMILES string of the molecule is CCOc1ccc(S(=O)(=O)NC2CCN(C(=O)c3ccccc3OC)CC2)cc1. The summed E-state index contributed by atoms with van der Waals surface area (Å²) in [7, 11) is -2.09. The predicted octanol–water partition coefficient (Wildman–Crippen LogP) is 2.68. The number of hydrogen-bond acceptors (Lipinski definition) is 5. The number of nitrogens with zero attached hydrogens (tertiary/aromatic N) is 1. The molecular formula is C21H26N2O5S. The van der Waals surface area contributed by atoms with E-state index in [1.54, 1.807) is 35.2 Å². The summed E-state index contributed by atoms with van der Waals surface area (Å²) in [6.07, 6.45) is 1.11. The number of ether oxygens (including phenoxy) is 2. The van der Waals surface area contributed by atoms with E-state index in [1.807, 2.05) is 13.0 Å². The van der Waals surface area contributed by atoms with Gasteiger partial charge in [0.2, 0.25) is 10.0 Å². The second-order valence-electron chi connectivity index (χ2n) is 6.79. The van der Waals surface area contributed by atoms with Crippen molar-refractivity contribution in [1.82, 2.24) is 9.62 Å². The second kappa shape index (κ2) is 9.28. The largest absolute Gasteiger partial charge is 0.496 e. The number of para-hydroxylation sites is 1. The number of benzene rings is 2. The van der Waals surface area contributed by atoms with Crippen LogP contribution in [0.2, 0.25) is 0 Å². The molecule has 8 heteroatoms. The molecule has 1 aliphatic rings. The van der Waals surface area contributed by atoms with Crippen molar-refractivity contribution in [2.45, 2.75) is 30.7 Å². The molecule has 1 amide bonds. The molecule has 29 heavy (non-hydrogen) atoms. The van der Waals surface area contributed by atoms with Gasteiger partial charge >= 0.3 is 0 Å². The molecule has 2 aromatic rings. The standard InChI is InChI=1S/C21H26N2O5S/c1-3-28-17-8-10-18(11-9-17)29(25,26)22-16-12-14-23(15-13-16)21(24)19-6-4-5-7-20(19)27-2/h4-11,16,22H,3,12-15H2,1-2H3. The van der Waals surface area contributed by atoms with E-state index in [9.17, 15) is 13.2 Å². The highest BCUT2D eigenvalue weighted by Crippen LogP contribution is 2.23. The molecule has 2 aromatic carbocycles. The van der Waals surface area contributed by atoms with Crippen molar-refractivity contribution in [2.24, 2.45) is 0 Å². The molecule has 0 aliphatic carbocycles. The first-order valence-electron chi connectivity index (χ1n) is 9.62.